The smallest absolute Gasteiger partial charge is 0.223 e. The van der Waals surface area contributed by atoms with Crippen LogP contribution in [0.25, 0.3) is 0 Å². The van der Waals surface area contributed by atoms with Gasteiger partial charge in [-0.05, 0) is 38.1 Å². The molecule has 1 aliphatic carbocycles. The molecule has 0 aromatic carbocycles. The highest BCUT2D eigenvalue weighted by molar-refractivity contribution is 7.15. The van der Waals surface area contributed by atoms with Crippen molar-refractivity contribution in [2.24, 2.45) is 5.92 Å². The lowest BCUT2D eigenvalue weighted by Gasteiger charge is -2.40. The van der Waals surface area contributed by atoms with Crippen LogP contribution in [-0.4, -0.2) is 59.0 Å². The zero-order valence-corrected chi connectivity index (χ0v) is 17.3. The summed E-state index contributed by atoms with van der Waals surface area (Å²) in [5, 5.41) is 1.23. The fourth-order valence-corrected chi connectivity index (χ4v) is 6.92. The van der Waals surface area contributed by atoms with Crippen LogP contribution in [0.2, 0.25) is 0 Å². The topological polar surface area (TPSA) is 39.7 Å². The molecule has 148 valence electrons. The number of carbonyl (C=O) groups is 1. The van der Waals surface area contributed by atoms with Gasteiger partial charge in [-0.3, -0.25) is 9.69 Å². The number of aromatic nitrogens is 1. The Morgan fingerprint density at radius 3 is 2.59 bits per heavy atom. The van der Waals surface area contributed by atoms with E-state index in [1.54, 1.807) is 0 Å². The lowest BCUT2D eigenvalue weighted by molar-refractivity contribution is -0.133. The predicted molar refractivity (Wildman–Crippen MR) is 109 cm³/mol. The zero-order valence-electron chi connectivity index (χ0n) is 16.5. The van der Waals surface area contributed by atoms with Gasteiger partial charge in [-0.2, -0.15) is 0 Å². The van der Waals surface area contributed by atoms with Crippen LogP contribution in [0, 0.1) is 5.92 Å². The number of hydrogen-bond acceptors (Lipinski definition) is 5. The third kappa shape index (κ3) is 3.39. The summed E-state index contributed by atoms with van der Waals surface area (Å²) in [5.74, 6) is 1.01. The maximum atomic E-state index is 12.7. The highest BCUT2D eigenvalue weighted by Crippen LogP contribution is 2.39. The molecule has 1 amide bonds. The molecule has 2 saturated heterocycles. The fourth-order valence-electron chi connectivity index (χ4n) is 5.66. The molecule has 0 radical (unpaired) electrons. The number of piperazine rings is 1. The van der Waals surface area contributed by atoms with Gasteiger partial charge < -0.3 is 9.80 Å². The third-order valence-electron chi connectivity index (χ3n) is 7.24. The Morgan fingerprint density at radius 2 is 1.89 bits per heavy atom. The number of amides is 1. The van der Waals surface area contributed by atoms with Crippen molar-refractivity contribution in [1.29, 1.82) is 0 Å². The monoisotopic (exact) mass is 388 g/mol. The minimum Gasteiger partial charge on any atom is -0.340 e. The van der Waals surface area contributed by atoms with Crippen LogP contribution in [-0.2, 0) is 17.8 Å². The average Bonchev–Trinajstić information content (AvgIpc) is 3.38. The van der Waals surface area contributed by atoms with E-state index in [9.17, 15) is 4.79 Å². The Bertz CT molecular complexity index is 684. The van der Waals surface area contributed by atoms with E-state index in [2.05, 4.69) is 21.6 Å². The highest BCUT2D eigenvalue weighted by Gasteiger charge is 2.41. The number of thiazole rings is 1. The van der Waals surface area contributed by atoms with Gasteiger partial charge in [-0.1, -0.05) is 31.1 Å². The first-order valence-corrected chi connectivity index (χ1v) is 11.8. The Balaban J connectivity index is 1.27. The highest BCUT2D eigenvalue weighted by atomic mass is 32.1. The third-order valence-corrected chi connectivity index (χ3v) is 8.33. The van der Waals surface area contributed by atoms with Crippen LogP contribution in [0.1, 0.15) is 62.4 Å². The molecule has 5 rings (SSSR count). The molecule has 3 fully saturated rings. The van der Waals surface area contributed by atoms with Crippen LogP contribution in [0.5, 0.6) is 0 Å². The molecule has 6 heteroatoms. The lowest BCUT2D eigenvalue weighted by atomic mass is 10.0. The summed E-state index contributed by atoms with van der Waals surface area (Å²) in [6, 6.07) is 1.27. The number of hydrogen-bond donors (Lipinski definition) is 0. The van der Waals surface area contributed by atoms with E-state index >= 15 is 0 Å². The maximum absolute atomic E-state index is 12.7. The van der Waals surface area contributed by atoms with Gasteiger partial charge in [0.1, 0.15) is 0 Å². The van der Waals surface area contributed by atoms with Crippen molar-refractivity contribution in [2.45, 2.75) is 76.9 Å². The maximum Gasteiger partial charge on any atom is 0.223 e. The minimum atomic E-state index is 0.374. The molecule has 2 atom stereocenters. The molecular weight excluding hydrogens is 356 g/mol. The van der Waals surface area contributed by atoms with Crippen molar-refractivity contribution < 1.29 is 4.79 Å². The van der Waals surface area contributed by atoms with E-state index in [-0.39, 0.29) is 0 Å². The second-order valence-corrected chi connectivity index (χ2v) is 9.99. The van der Waals surface area contributed by atoms with Crippen molar-refractivity contribution in [2.75, 3.05) is 31.1 Å². The zero-order chi connectivity index (χ0) is 18.4. The number of carbonyl (C=O) groups excluding carboxylic acids is 1. The van der Waals surface area contributed by atoms with E-state index < -0.39 is 0 Å². The molecule has 4 heterocycles. The van der Waals surface area contributed by atoms with Crippen LogP contribution in [0.15, 0.2) is 0 Å². The molecule has 3 aliphatic heterocycles. The molecule has 2 unspecified atom stereocenters. The standard InChI is InChI=1S/C21H32N4OS/c1-2-23-12-16-7-8-17(13-23)25(16)21-22-18-9-10-24(14-19(18)27-21)20(26)11-15-5-3-4-6-15/h15-17H,2-14H2,1H3. The number of likely N-dealkylation sites (N-methyl/N-ethyl adjacent to an activating group) is 1. The van der Waals surface area contributed by atoms with Crippen LogP contribution >= 0.6 is 11.3 Å². The van der Waals surface area contributed by atoms with Gasteiger partial charge in [-0.15, -0.1) is 0 Å². The lowest BCUT2D eigenvalue weighted by Crippen LogP contribution is -2.53. The molecule has 1 aromatic rings. The van der Waals surface area contributed by atoms with E-state index in [1.165, 1.54) is 67.3 Å². The van der Waals surface area contributed by atoms with Gasteiger partial charge in [-0.25, -0.2) is 4.98 Å². The Morgan fingerprint density at radius 1 is 1.15 bits per heavy atom. The summed E-state index contributed by atoms with van der Waals surface area (Å²) in [6.45, 7) is 7.45. The second kappa shape index (κ2) is 7.36. The van der Waals surface area contributed by atoms with Crippen molar-refractivity contribution >= 4 is 22.4 Å². The van der Waals surface area contributed by atoms with Gasteiger partial charge in [0.15, 0.2) is 5.13 Å². The van der Waals surface area contributed by atoms with E-state index in [1.807, 2.05) is 11.3 Å². The molecular formula is C21H32N4OS. The minimum absolute atomic E-state index is 0.374. The van der Waals surface area contributed by atoms with Crippen molar-refractivity contribution in [3.05, 3.63) is 10.6 Å². The van der Waals surface area contributed by atoms with Crippen molar-refractivity contribution in [3.8, 4) is 0 Å². The quantitative estimate of drug-likeness (QED) is 0.794. The number of fused-ring (bicyclic) bond motifs is 3. The Labute approximate surface area is 166 Å². The van der Waals surface area contributed by atoms with Gasteiger partial charge >= 0.3 is 0 Å². The van der Waals surface area contributed by atoms with Crippen molar-refractivity contribution in [3.63, 3.8) is 0 Å². The van der Waals surface area contributed by atoms with Crippen LogP contribution in [0.3, 0.4) is 0 Å². The largest absolute Gasteiger partial charge is 0.340 e. The molecule has 2 bridgehead atoms. The normalized spacial score (nSPS) is 28.8. The first-order valence-electron chi connectivity index (χ1n) is 11.0. The number of likely N-dealkylation sites (tertiary alicyclic amines) is 1. The number of nitrogens with zero attached hydrogens (tertiary/aromatic N) is 4. The summed E-state index contributed by atoms with van der Waals surface area (Å²) >= 11 is 1.86. The summed E-state index contributed by atoms with van der Waals surface area (Å²) in [4.78, 5) is 26.5. The van der Waals surface area contributed by atoms with Gasteiger partial charge in [0.25, 0.3) is 0 Å². The summed E-state index contributed by atoms with van der Waals surface area (Å²) < 4.78 is 0. The first-order chi connectivity index (χ1) is 13.2. The van der Waals surface area contributed by atoms with Gasteiger partial charge in [0, 0.05) is 49.4 Å². The van der Waals surface area contributed by atoms with Crippen LogP contribution in [0.4, 0.5) is 5.13 Å². The molecule has 1 aromatic heterocycles. The summed E-state index contributed by atoms with van der Waals surface area (Å²) in [6.07, 6.45) is 9.44. The molecule has 0 spiro atoms. The second-order valence-electron chi connectivity index (χ2n) is 8.93. The summed E-state index contributed by atoms with van der Waals surface area (Å²) in [7, 11) is 0. The molecule has 4 aliphatic rings. The Hall–Kier alpha value is -1.14. The first kappa shape index (κ1) is 17.9. The SMILES string of the molecule is CCN1CC2CCC(C1)N2c1nc2c(s1)CN(C(=O)CC1CCCC1)CC2. The molecule has 0 N–H and O–H groups in total. The average molecular weight is 389 g/mol. The molecule has 5 nitrogen and oxygen atoms in total. The number of anilines is 1. The molecule has 1 saturated carbocycles. The fraction of sp³-hybridized carbons (Fsp3) is 0.810. The Kier molecular flexibility index (Phi) is 4.88. The number of rotatable bonds is 4. The van der Waals surface area contributed by atoms with Crippen LogP contribution < -0.4 is 4.90 Å². The van der Waals surface area contributed by atoms with E-state index in [0.717, 1.165) is 32.5 Å². The van der Waals surface area contributed by atoms with E-state index in [0.29, 0.717) is 23.9 Å². The van der Waals surface area contributed by atoms with Gasteiger partial charge in [0.2, 0.25) is 5.91 Å². The molecule has 27 heavy (non-hydrogen) atoms. The van der Waals surface area contributed by atoms with Crippen molar-refractivity contribution in [1.82, 2.24) is 14.8 Å². The predicted octanol–water partition coefficient (Wildman–Crippen LogP) is 3.28. The summed E-state index contributed by atoms with van der Waals surface area (Å²) in [5.41, 5.74) is 1.26. The van der Waals surface area contributed by atoms with E-state index in [4.69, 9.17) is 4.98 Å². The van der Waals surface area contributed by atoms with Gasteiger partial charge in [0.05, 0.1) is 12.2 Å².